The zero-order valence-corrected chi connectivity index (χ0v) is 17.0. The van der Waals surface area contributed by atoms with Crippen molar-refractivity contribution in [2.45, 2.75) is 19.3 Å². The van der Waals surface area contributed by atoms with Gasteiger partial charge in [-0.25, -0.2) is 0 Å². The Balaban J connectivity index is 1.46. The summed E-state index contributed by atoms with van der Waals surface area (Å²) in [5.41, 5.74) is 1.78. The number of rotatable bonds is 7. The van der Waals surface area contributed by atoms with Gasteiger partial charge in [0.1, 0.15) is 23.4 Å². The molecule has 26 heavy (non-hydrogen) atoms. The molecule has 2 aromatic rings. The van der Waals surface area contributed by atoms with Crippen LogP contribution in [-0.4, -0.2) is 37.6 Å². The number of thiophene rings is 1. The van der Waals surface area contributed by atoms with E-state index in [1.807, 2.05) is 36.2 Å². The topological polar surface area (TPSA) is 65.4 Å². The molecule has 3 rings (SSSR count). The van der Waals surface area contributed by atoms with Crippen molar-refractivity contribution < 1.29 is 9.53 Å². The van der Waals surface area contributed by atoms with E-state index in [1.54, 1.807) is 11.3 Å². The van der Waals surface area contributed by atoms with Gasteiger partial charge in [0.2, 0.25) is 5.91 Å². The van der Waals surface area contributed by atoms with Crippen molar-refractivity contribution in [3.05, 3.63) is 44.7 Å². The number of nitriles is 1. The normalized spacial score (nSPS) is 12.7. The highest BCUT2D eigenvalue weighted by Crippen LogP contribution is 2.38. The number of carbonyl (C=O) groups excluding carboxylic acids is 1. The maximum atomic E-state index is 12.3. The Hall–Kier alpha value is -1.88. The minimum atomic E-state index is -0.104. The predicted molar refractivity (Wildman–Crippen MR) is 107 cm³/mol. The summed E-state index contributed by atoms with van der Waals surface area (Å²) in [5.74, 6) is 0.699. The molecule has 1 aromatic carbocycles. The van der Waals surface area contributed by atoms with Gasteiger partial charge in [-0.05, 0) is 56.1 Å². The fourth-order valence-corrected chi connectivity index (χ4v) is 4.47. The van der Waals surface area contributed by atoms with E-state index in [4.69, 9.17) is 4.74 Å². The van der Waals surface area contributed by atoms with Crippen LogP contribution >= 0.6 is 27.3 Å². The van der Waals surface area contributed by atoms with Crippen LogP contribution in [-0.2, 0) is 17.6 Å². The van der Waals surface area contributed by atoms with Crippen molar-refractivity contribution in [3.63, 3.8) is 0 Å². The number of anilines is 1. The van der Waals surface area contributed by atoms with Gasteiger partial charge in [0.05, 0.1) is 12.1 Å². The summed E-state index contributed by atoms with van der Waals surface area (Å²) in [4.78, 5) is 15.4. The third kappa shape index (κ3) is 4.64. The average Bonchev–Trinajstić information content (AvgIpc) is 3.17. The zero-order chi connectivity index (χ0) is 18.5. The van der Waals surface area contributed by atoms with E-state index in [2.05, 4.69) is 27.3 Å². The monoisotopic (exact) mass is 433 g/mol. The lowest BCUT2D eigenvalue weighted by Gasteiger charge is -2.16. The Bertz CT molecular complexity index is 827. The van der Waals surface area contributed by atoms with E-state index in [0.29, 0.717) is 23.7 Å². The second-order valence-corrected chi connectivity index (χ2v) is 8.28. The molecule has 136 valence electrons. The second kappa shape index (κ2) is 8.67. The van der Waals surface area contributed by atoms with Gasteiger partial charge < -0.3 is 10.1 Å². The van der Waals surface area contributed by atoms with Crippen LogP contribution in [0.5, 0.6) is 5.75 Å². The number of amides is 1. The first-order chi connectivity index (χ1) is 12.6. The Morgan fingerprint density at radius 2 is 2.15 bits per heavy atom. The van der Waals surface area contributed by atoms with Crippen LogP contribution in [0.4, 0.5) is 5.00 Å². The van der Waals surface area contributed by atoms with Crippen molar-refractivity contribution >= 4 is 38.2 Å². The molecule has 0 aliphatic heterocycles. The van der Waals surface area contributed by atoms with Crippen LogP contribution in [0.2, 0.25) is 0 Å². The Morgan fingerprint density at radius 1 is 1.38 bits per heavy atom. The Morgan fingerprint density at radius 3 is 2.88 bits per heavy atom. The number of nitrogens with zero attached hydrogens (tertiary/aromatic N) is 2. The highest BCUT2D eigenvalue weighted by molar-refractivity contribution is 9.10. The zero-order valence-electron chi connectivity index (χ0n) is 14.5. The molecule has 5 nitrogen and oxygen atoms in total. The average molecular weight is 434 g/mol. The maximum Gasteiger partial charge on any atom is 0.239 e. The molecule has 0 unspecified atom stereocenters. The van der Waals surface area contributed by atoms with E-state index in [1.165, 1.54) is 4.88 Å². The highest BCUT2D eigenvalue weighted by Gasteiger charge is 2.23. The maximum absolute atomic E-state index is 12.3. The summed E-state index contributed by atoms with van der Waals surface area (Å²) in [6, 6.07) is 9.90. The van der Waals surface area contributed by atoms with Crippen LogP contribution in [0.25, 0.3) is 0 Å². The highest BCUT2D eigenvalue weighted by atomic mass is 79.9. The van der Waals surface area contributed by atoms with Gasteiger partial charge in [-0.2, -0.15) is 5.26 Å². The smallest absolute Gasteiger partial charge is 0.239 e. The summed E-state index contributed by atoms with van der Waals surface area (Å²) in [6.07, 6.45) is 3.06. The summed E-state index contributed by atoms with van der Waals surface area (Å²) in [6.45, 7) is 1.40. The standard InChI is InChI=1S/C19H20BrN3O2S/c1-23(9-10-25-14-7-5-13(20)6-8-14)12-18(24)22-19-16(11-21)15-3-2-4-17(15)26-19/h5-8H,2-4,9-10,12H2,1H3,(H,22,24). The number of likely N-dealkylation sites (N-methyl/N-ethyl adjacent to an activating group) is 1. The quantitative estimate of drug-likeness (QED) is 0.720. The van der Waals surface area contributed by atoms with Crippen LogP contribution in [0.15, 0.2) is 28.7 Å². The molecule has 0 saturated heterocycles. The van der Waals surface area contributed by atoms with E-state index >= 15 is 0 Å². The lowest BCUT2D eigenvalue weighted by Crippen LogP contribution is -2.33. The number of carbonyl (C=O) groups is 1. The molecule has 0 fully saturated rings. The molecule has 0 atom stereocenters. The molecular formula is C19H20BrN3O2S. The second-order valence-electron chi connectivity index (χ2n) is 6.26. The van der Waals surface area contributed by atoms with Gasteiger partial charge in [-0.3, -0.25) is 9.69 Å². The molecule has 0 radical (unpaired) electrons. The van der Waals surface area contributed by atoms with Gasteiger partial charge in [0, 0.05) is 15.9 Å². The molecule has 1 aromatic heterocycles. The summed E-state index contributed by atoms with van der Waals surface area (Å²) in [5, 5.41) is 13.0. The van der Waals surface area contributed by atoms with Crippen molar-refractivity contribution in [2.24, 2.45) is 0 Å². The fraction of sp³-hybridized carbons (Fsp3) is 0.368. The van der Waals surface area contributed by atoms with Crippen molar-refractivity contribution in [1.82, 2.24) is 4.90 Å². The molecule has 1 heterocycles. The summed E-state index contributed by atoms with van der Waals surface area (Å²) in [7, 11) is 1.88. The number of fused-ring (bicyclic) bond motifs is 1. The van der Waals surface area contributed by atoms with Crippen molar-refractivity contribution in [3.8, 4) is 11.8 Å². The van der Waals surface area contributed by atoms with Gasteiger partial charge in [-0.15, -0.1) is 11.3 Å². The van der Waals surface area contributed by atoms with Crippen LogP contribution in [0.1, 0.15) is 22.4 Å². The van der Waals surface area contributed by atoms with Crippen LogP contribution in [0.3, 0.4) is 0 Å². The number of hydrogen-bond acceptors (Lipinski definition) is 5. The lowest BCUT2D eigenvalue weighted by atomic mass is 10.1. The number of benzene rings is 1. The minimum absolute atomic E-state index is 0.104. The van der Waals surface area contributed by atoms with E-state index < -0.39 is 0 Å². The van der Waals surface area contributed by atoms with Crippen molar-refractivity contribution in [2.75, 3.05) is 32.1 Å². The molecule has 1 aliphatic rings. The molecule has 1 amide bonds. The molecular weight excluding hydrogens is 414 g/mol. The summed E-state index contributed by atoms with van der Waals surface area (Å²) >= 11 is 4.93. The number of nitrogens with one attached hydrogen (secondary N) is 1. The number of ether oxygens (including phenoxy) is 1. The van der Waals surface area contributed by atoms with E-state index in [0.717, 1.165) is 35.0 Å². The first kappa shape index (κ1) is 18.9. The lowest BCUT2D eigenvalue weighted by molar-refractivity contribution is -0.117. The van der Waals surface area contributed by atoms with E-state index in [9.17, 15) is 10.1 Å². The fourth-order valence-electron chi connectivity index (χ4n) is 2.95. The Kier molecular flexibility index (Phi) is 6.30. The van der Waals surface area contributed by atoms with Crippen LogP contribution in [0, 0.1) is 11.3 Å². The molecule has 0 bridgehead atoms. The molecule has 1 aliphatic carbocycles. The minimum Gasteiger partial charge on any atom is -0.492 e. The third-order valence-electron chi connectivity index (χ3n) is 4.25. The van der Waals surface area contributed by atoms with Crippen LogP contribution < -0.4 is 10.1 Å². The van der Waals surface area contributed by atoms with Gasteiger partial charge >= 0.3 is 0 Å². The predicted octanol–water partition coefficient (Wildman–Crippen LogP) is 3.82. The largest absolute Gasteiger partial charge is 0.492 e. The van der Waals surface area contributed by atoms with Gasteiger partial charge in [-0.1, -0.05) is 15.9 Å². The van der Waals surface area contributed by atoms with Crippen molar-refractivity contribution in [1.29, 1.82) is 5.26 Å². The first-order valence-corrected chi connectivity index (χ1v) is 10.1. The number of hydrogen-bond donors (Lipinski definition) is 1. The number of aryl methyl sites for hydroxylation is 1. The van der Waals surface area contributed by atoms with Gasteiger partial charge in [0.15, 0.2) is 0 Å². The summed E-state index contributed by atoms with van der Waals surface area (Å²) < 4.78 is 6.68. The van der Waals surface area contributed by atoms with Gasteiger partial charge in [0.25, 0.3) is 0 Å². The molecule has 1 N–H and O–H groups in total. The molecule has 0 saturated carbocycles. The molecule has 7 heteroatoms. The van der Waals surface area contributed by atoms with E-state index in [-0.39, 0.29) is 12.5 Å². The number of halogens is 1. The molecule has 0 spiro atoms. The SMILES string of the molecule is CN(CCOc1ccc(Br)cc1)CC(=O)Nc1sc2c(c1C#N)CCC2. The Labute approximate surface area is 165 Å². The third-order valence-corrected chi connectivity index (χ3v) is 5.99. The first-order valence-electron chi connectivity index (χ1n) is 8.48.